The van der Waals surface area contributed by atoms with Crippen molar-refractivity contribution in [2.75, 3.05) is 7.11 Å². The number of carbonyl (C=O) groups excluding carboxylic acids is 1. The summed E-state index contributed by atoms with van der Waals surface area (Å²) < 4.78 is 19.1. The van der Waals surface area contributed by atoms with Crippen molar-refractivity contribution in [1.82, 2.24) is 16.2 Å². The third-order valence-electron chi connectivity index (χ3n) is 4.99. The molecule has 1 aliphatic carbocycles. The highest BCUT2D eigenvalue weighted by Gasteiger charge is 2.41. The molecule has 1 heterocycles. The van der Waals surface area contributed by atoms with Gasteiger partial charge in [0, 0.05) is 11.6 Å². The van der Waals surface area contributed by atoms with Crippen molar-refractivity contribution < 1.29 is 19.0 Å². The fourth-order valence-corrected chi connectivity index (χ4v) is 3.66. The molecule has 0 radical (unpaired) electrons. The van der Waals surface area contributed by atoms with Crippen LogP contribution in [-0.2, 0) is 4.79 Å². The zero-order valence-electron chi connectivity index (χ0n) is 14.1. The maximum Gasteiger partial charge on any atom is 0.240 e. The average Bonchev–Trinajstić information content (AvgIpc) is 2.89. The fraction of sp³-hybridized carbons (Fsp3) is 0.588. The van der Waals surface area contributed by atoms with Crippen LogP contribution < -0.4 is 20.9 Å². The number of hydrogen-bond donors (Lipinski definition) is 4. The van der Waals surface area contributed by atoms with Crippen molar-refractivity contribution in [2.45, 2.75) is 49.4 Å². The summed E-state index contributed by atoms with van der Waals surface area (Å²) >= 11 is 6.28. The Morgan fingerprint density at radius 2 is 2.16 bits per heavy atom. The van der Waals surface area contributed by atoms with Crippen LogP contribution in [-0.4, -0.2) is 41.7 Å². The lowest BCUT2D eigenvalue weighted by atomic mass is 9.74. The summed E-state index contributed by atoms with van der Waals surface area (Å²) in [7, 11) is 1.50. The molecule has 4 N–H and O–H groups in total. The van der Waals surface area contributed by atoms with Gasteiger partial charge in [0.25, 0.3) is 0 Å². The second-order valence-electron chi connectivity index (χ2n) is 6.76. The predicted molar refractivity (Wildman–Crippen MR) is 91.7 cm³/mol. The van der Waals surface area contributed by atoms with Crippen LogP contribution in [0.2, 0.25) is 0 Å². The van der Waals surface area contributed by atoms with Crippen molar-refractivity contribution in [3.8, 4) is 5.75 Å². The molecule has 4 atom stereocenters. The minimum atomic E-state index is -0.594. The highest BCUT2D eigenvalue weighted by atomic mass is 35.5. The molecule has 2 fully saturated rings. The van der Waals surface area contributed by atoms with E-state index in [2.05, 4.69) is 16.2 Å². The van der Waals surface area contributed by atoms with Gasteiger partial charge in [-0.2, -0.15) is 0 Å². The Morgan fingerprint density at radius 3 is 2.72 bits per heavy atom. The van der Waals surface area contributed by atoms with Crippen LogP contribution in [0.3, 0.4) is 0 Å². The van der Waals surface area contributed by atoms with Crippen molar-refractivity contribution in [1.29, 1.82) is 0 Å². The highest BCUT2D eigenvalue weighted by Crippen LogP contribution is 2.41. The van der Waals surface area contributed by atoms with Crippen molar-refractivity contribution in [3.63, 3.8) is 0 Å². The van der Waals surface area contributed by atoms with Gasteiger partial charge in [-0.15, -0.1) is 11.6 Å². The molecule has 1 saturated heterocycles. The van der Waals surface area contributed by atoms with Crippen LogP contribution in [0.15, 0.2) is 18.2 Å². The molecule has 0 aromatic heterocycles. The van der Waals surface area contributed by atoms with Crippen LogP contribution in [0, 0.1) is 11.7 Å². The summed E-state index contributed by atoms with van der Waals surface area (Å²) in [6, 6.07) is 3.13. The molecule has 1 aromatic carbocycles. The molecule has 4 unspecified atom stereocenters. The molecule has 25 heavy (non-hydrogen) atoms. The number of alkyl halides is 1. The number of aliphatic hydroxyl groups excluding tert-OH is 1. The van der Waals surface area contributed by atoms with Crippen molar-refractivity contribution >= 4 is 17.5 Å². The quantitative estimate of drug-likeness (QED) is 0.585. The van der Waals surface area contributed by atoms with Gasteiger partial charge in [-0.25, -0.2) is 9.82 Å². The summed E-state index contributed by atoms with van der Waals surface area (Å²) in [5.41, 5.74) is 6.40. The van der Waals surface area contributed by atoms with Crippen LogP contribution in [0.5, 0.6) is 5.75 Å². The van der Waals surface area contributed by atoms with E-state index in [1.54, 1.807) is 6.07 Å². The first-order valence-electron chi connectivity index (χ1n) is 8.37. The smallest absolute Gasteiger partial charge is 0.240 e. The average molecular weight is 372 g/mol. The maximum absolute atomic E-state index is 13.8. The van der Waals surface area contributed by atoms with E-state index in [9.17, 15) is 14.3 Å². The number of methoxy groups -OCH3 is 1. The minimum Gasteiger partial charge on any atom is -0.496 e. The zero-order valence-corrected chi connectivity index (χ0v) is 14.9. The first-order chi connectivity index (χ1) is 11.9. The van der Waals surface area contributed by atoms with E-state index in [4.69, 9.17) is 16.3 Å². The van der Waals surface area contributed by atoms with Gasteiger partial charge in [-0.05, 0) is 43.9 Å². The van der Waals surface area contributed by atoms with Gasteiger partial charge >= 0.3 is 0 Å². The summed E-state index contributed by atoms with van der Waals surface area (Å²) in [6.45, 7) is 1.88. The molecule has 8 heteroatoms. The van der Waals surface area contributed by atoms with Crippen molar-refractivity contribution in [2.24, 2.45) is 5.92 Å². The van der Waals surface area contributed by atoms with Gasteiger partial charge < -0.3 is 15.2 Å². The molecule has 1 amide bonds. The number of nitrogens with one attached hydrogen (secondary N) is 3. The van der Waals surface area contributed by atoms with Crippen LogP contribution >= 0.6 is 11.6 Å². The fourth-order valence-electron chi connectivity index (χ4n) is 3.42. The molecule has 1 aromatic rings. The number of benzene rings is 1. The molecule has 2 aliphatic rings. The van der Waals surface area contributed by atoms with Gasteiger partial charge in [-0.1, -0.05) is 0 Å². The van der Waals surface area contributed by atoms with Crippen LogP contribution in [0.1, 0.15) is 31.4 Å². The standard InChI is InChI=1S/C17H23ClFN3O3/c1-8-14(18)16(22-21-8)17(24)20-15(9-5-11(23)6-9)12-7-10(19)3-4-13(12)25-2/h3-4,7-9,11,14-16,21-23H,5-6H2,1-2H3,(H,20,24). The summed E-state index contributed by atoms with van der Waals surface area (Å²) in [6.07, 6.45) is 0.694. The number of amides is 1. The number of carbonyl (C=O) groups is 1. The molecule has 6 nitrogen and oxygen atoms in total. The third kappa shape index (κ3) is 3.74. The molecular formula is C17H23ClFN3O3. The van der Waals surface area contributed by atoms with Crippen LogP contribution in [0.4, 0.5) is 4.39 Å². The Labute approximate surface area is 151 Å². The number of ether oxygens (including phenoxy) is 1. The lowest BCUT2D eigenvalue weighted by Gasteiger charge is -2.39. The normalized spacial score (nSPS) is 32.8. The monoisotopic (exact) mass is 371 g/mol. The van der Waals surface area contributed by atoms with Crippen LogP contribution in [0.25, 0.3) is 0 Å². The predicted octanol–water partition coefficient (Wildman–Crippen LogP) is 1.23. The first kappa shape index (κ1) is 18.4. The number of halogens is 2. The minimum absolute atomic E-state index is 0.00945. The Balaban J connectivity index is 1.83. The van der Waals surface area contributed by atoms with E-state index >= 15 is 0 Å². The molecule has 138 valence electrons. The number of hydrazine groups is 1. The first-order valence-corrected chi connectivity index (χ1v) is 8.81. The van der Waals surface area contributed by atoms with E-state index in [1.165, 1.54) is 19.2 Å². The lowest BCUT2D eigenvalue weighted by molar-refractivity contribution is -0.124. The zero-order chi connectivity index (χ0) is 18.1. The van der Waals surface area contributed by atoms with Gasteiger partial charge in [-0.3, -0.25) is 10.2 Å². The van der Waals surface area contributed by atoms with Gasteiger partial charge in [0.1, 0.15) is 17.6 Å². The summed E-state index contributed by atoms with van der Waals surface area (Å²) in [5, 5.41) is 12.2. The molecule has 0 spiro atoms. The number of aliphatic hydroxyl groups is 1. The Bertz CT molecular complexity index is 642. The second-order valence-corrected chi connectivity index (χ2v) is 7.26. The summed E-state index contributed by atoms with van der Waals surface area (Å²) in [5.74, 6) is -0.162. The topological polar surface area (TPSA) is 82.6 Å². The Hall–Kier alpha value is -1.41. The summed E-state index contributed by atoms with van der Waals surface area (Å²) in [4.78, 5) is 12.7. The molecule has 1 aliphatic heterocycles. The molecule has 0 bridgehead atoms. The van der Waals surface area contributed by atoms with E-state index in [-0.39, 0.29) is 17.9 Å². The van der Waals surface area contributed by atoms with Gasteiger partial charge in [0.15, 0.2) is 0 Å². The van der Waals surface area contributed by atoms with E-state index < -0.39 is 29.4 Å². The Kier molecular flexibility index (Phi) is 5.48. The van der Waals surface area contributed by atoms with Gasteiger partial charge in [0.05, 0.1) is 24.6 Å². The maximum atomic E-state index is 13.8. The van der Waals surface area contributed by atoms with Gasteiger partial charge in [0.2, 0.25) is 5.91 Å². The molecular weight excluding hydrogens is 349 g/mol. The largest absolute Gasteiger partial charge is 0.496 e. The van der Waals surface area contributed by atoms with E-state index in [0.29, 0.717) is 24.2 Å². The second kappa shape index (κ2) is 7.45. The highest BCUT2D eigenvalue weighted by molar-refractivity contribution is 6.23. The third-order valence-corrected chi connectivity index (χ3v) is 5.62. The molecule has 1 saturated carbocycles. The Morgan fingerprint density at radius 1 is 1.44 bits per heavy atom. The molecule has 3 rings (SSSR count). The SMILES string of the molecule is COc1ccc(F)cc1C(NC(=O)C1NNC(C)C1Cl)C1CC(O)C1. The van der Waals surface area contributed by atoms with E-state index in [0.717, 1.165) is 0 Å². The number of rotatable bonds is 5. The lowest BCUT2D eigenvalue weighted by Crippen LogP contribution is -2.50. The van der Waals surface area contributed by atoms with Crippen molar-refractivity contribution in [3.05, 3.63) is 29.6 Å². The van der Waals surface area contributed by atoms with E-state index in [1.807, 2.05) is 6.92 Å². The number of hydrogen-bond acceptors (Lipinski definition) is 5.